The van der Waals surface area contributed by atoms with E-state index in [1.807, 2.05) is 30.5 Å². The lowest BCUT2D eigenvalue weighted by Gasteiger charge is -2.12. The Kier molecular flexibility index (Phi) is 11.2. The Morgan fingerprint density at radius 2 is 1.97 bits per heavy atom. The van der Waals surface area contributed by atoms with E-state index in [4.69, 9.17) is 4.74 Å². The molecule has 2 rings (SSSR count). The van der Waals surface area contributed by atoms with E-state index in [2.05, 4.69) is 48.4 Å². The first-order valence-corrected chi connectivity index (χ1v) is 11.3. The zero-order valence-electron chi connectivity index (χ0n) is 19.1. The third-order valence-corrected chi connectivity index (χ3v) is 5.27. The predicted molar refractivity (Wildman–Crippen MR) is 129 cm³/mol. The number of unbranched alkanes of at least 4 members (excludes halogenated alkanes) is 2. The second kappa shape index (κ2) is 14.2. The molecule has 1 atom stereocenters. The van der Waals surface area contributed by atoms with Crippen LogP contribution in [0.5, 0.6) is 5.75 Å². The topological polar surface area (TPSA) is 51.2 Å². The Bertz CT molecular complexity index is 826. The molecule has 1 amide bonds. The Morgan fingerprint density at radius 3 is 2.65 bits per heavy atom. The summed E-state index contributed by atoms with van der Waals surface area (Å²) < 4.78 is 5.26. The van der Waals surface area contributed by atoms with Crippen molar-refractivity contribution in [2.75, 3.05) is 7.11 Å². The van der Waals surface area contributed by atoms with Gasteiger partial charge in [-0.05, 0) is 73.9 Å². The van der Waals surface area contributed by atoms with Crippen LogP contribution in [0.1, 0.15) is 63.5 Å². The molecule has 166 valence electrons. The summed E-state index contributed by atoms with van der Waals surface area (Å²) in [5, 5.41) is 3.06. The van der Waals surface area contributed by atoms with Gasteiger partial charge < -0.3 is 10.1 Å². The lowest BCUT2D eigenvalue weighted by atomic mass is 9.99. The number of carbonyl (C=O) groups is 1. The third kappa shape index (κ3) is 9.65. The maximum atomic E-state index is 12.3. The van der Waals surface area contributed by atoms with Crippen molar-refractivity contribution in [3.05, 3.63) is 78.1 Å². The summed E-state index contributed by atoms with van der Waals surface area (Å²) in [7, 11) is 1.67. The molecule has 0 bridgehead atoms. The fourth-order valence-electron chi connectivity index (χ4n) is 3.47. The van der Waals surface area contributed by atoms with Gasteiger partial charge in [-0.3, -0.25) is 9.78 Å². The molecule has 0 spiro atoms. The van der Waals surface area contributed by atoms with Crippen molar-refractivity contribution in [2.24, 2.45) is 0 Å². The average molecular weight is 421 g/mol. The number of aryl methyl sites for hydroxylation is 1. The van der Waals surface area contributed by atoms with Gasteiger partial charge in [-0.15, -0.1) is 0 Å². The lowest BCUT2D eigenvalue weighted by Crippen LogP contribution is -2.31. The normalized spacial score (nSPS) is 12.7. The lowest BCUT2D eigenvalue weighted by molar-refractivity contribution is -0.117. The number of benzene rings is 1. The van der Waals surface area contributed by atoms with Crippen molar-refractivity contribution in [3.8, 4) is 5.75 Å². The van der Waals surface area contributed by atoms with E-state index in [1.165, 1.54) is 29.5 Å². The van der Waals surface area contributed by atoms with Gasteiger partial charge >= 0.3 is 0 Å². The number of amides is 1. The van der Waals surface area contributed by atoms with Gasteiger partial charge in [-0.2, -0.15) is 0 Å². The molecule has 0 saturated carbocycles. The number of carbonyl (C=O) groups excluding carboxylic acids is 1. The molecule has 0 saturated heterocycles. The first-order chi connectivity index (χ1) is 15.1. The fraction of sp³-hybridized carbons (Fsp3) is 0.407. The molecule has 1 aromatic carbocycles. The van der Waals surface area contributed by atoms with Crippen LogP contribution in [0.4, 0.5) is 0 Å². The number of allylic oxidation sites excluding steroid dienone is 3. The summed E-state index contributed by atoms with van der Waals surface area (Å²) in [6.07, 6.45) is 16.7. The second-order valence-electron chi connectivity index (χ2n) is 7.90. The quantitative estimate of drug-likeness (QED) is 0.241. The zero-order chi connectivity index (χ0) is 22.3. The molecule has 1 aromatic heterocycles. The molecule has 0 fully saturated rings. The molecule has 0 aliphatic rings. The van der Waals surface area contributed by atoms with Crippen LogP contribution in [0, 0.1) is 0 Å². The van der Waals surface area contributed by atoms with Crippen molar-refractivity contribution in [1.29, 1.82) is 0 Å². The number of nitrogens with zero attached hydrogens (tertiary/aromatic N) is 1. The van der Waals surface area contributed by atoms with Crippen molar-refractivity contribution in [1.82, 2.24) is 10.3 Å². The molecule has 1 N–H and O–H groups in total. The van der Waals surface area contributed by atoms with Gasteiger partial charge in [0.2, 0.25) is 5.91 Å². The summed E-state index contributed by atoms with van der Waals surface area (Å²) >= 11 is 0. The van der Waals surface area contributed by atoms with E-state index in [9.17, 15) is 4.79 Å². The van der Waals surface area contributed by atoms with E-state index >= 15 is 0 Å². The first-order valence-electron chi connectivity index (χ1n) is 11.3. The molecule has 0 aliphatic carbocycles. The van der Waals surface area contributed by atoms with Crippen LogP contribution in [-0.4, -0.2) is 24.0 Å². The van der Waals surface area contributed by atoms with Crippen LogP contribution >= 0.6 is 0 Å². The Hall–Kier alpha value is -2.88. The molecule has 0 radical (unpaired) electrons. The van der Waals surface area contributed by atoms with Crippen LogP contribution in [0.15, 0.2) is 67.0 Å². The molecule has 4 nitrogen and oxygen atoms in total. The summed E-state index contributed by atoms with van der Waals surface area (Å²) in [6.45, 7) is 4.26. The second-order valence-corrected chi connectivity index (χ2v) is 7.90. The average Bonchev–Trinajstić information content (AvgIpc) is 2.79. The van der Waals surface area contributed by atoms with Crippen LogP contribution in [0.2, 0.25) is 0 Å². The SMILES string of the molecule is CCCCC/C(=C\C=C\C(=O)N[C@H](C)CCCc1cccnc1)c1ccc(OC)cc1. The fourth-order valence-corrected chi connectivity index (χ4v) is 3.47. The largest absolute Gasteiger partial charge is 0.497 e. The van der Waals surface area contributed by atoms with E-state index in [0.29, 0.717) is 0 Å². The van der Waals surface area contributed by atoms with Crippen molar-refractivity contribution < 1.29 is 9.53 Å². The highest BCUT2D eigenvalue weighted by Crippen LogP contribution is 2.23. The number of hydrogen-bond donors (Lipinski definition) is 1. The minimum Gasteiger partial charge on any atom is -0.497 e. The first kappa shape index (κ1) is 24.4. The zero-order valence-corrected chi connectivity index (χ0v) is 19.1. The monoisotopic (exact) mass is 420 g/mol. The van der Waals surface area contributed by atoms with E-state index in [0.717, 1.165) is 37.9 Å². The molecule has 0 aliphatic heterocycles. The molecule has 0 unspecified atom stereocenters. The summed E-state index contributed by atoms with van der Waals surface area (Å²) in [4.78, 5) is 16.4. The Morgan fingerprint density at radius 1 is 1.16 bits per heavy atom. The molecular weight excluding hydrogens is 384 g/mol. The van der Waals surface area contributed by atoms with Gasteiger partial charge in [0.1, 0.15) is 5.75 Å². The molecule has 4 heteroatoms. The number of methoxy groups -OCH3 is 1. The van der Waals surface area contributed by atoms with Gasteiger partial charge in [0, 0.05) is 24.5 Å². The summed E-state index contributed by atoms with van der Waals surface area (Å²) in [5.41, 5.74) is 3.65. The number of hydrogen-bond acceptors (Lipinski definition) is 3. The van der Waals surface area contributed by atoms with Crippen LogP contribution in [0.25, 0.3) is 5.57 Å². The third-order valence-electron chi connectivity index (χ3n) is 5.27. The van der Waals surface area contributed by atoms with Gasteiger partial charge in [0.25, 0.3) is 0 Å². The Balaban J connectivity index is 1.86. The van der Waals surface area contributed by atoms with Crippen molar-refractivity contribution in [3.63, 3.8) is 0 Å². The number of nitrogens with one attached hydrogen (secondary N) is 1. The smallest absolute Gasteiger partial charge is 0.244 e. The number of pyridine rings is 1. The van der Waals surface area contributed by atoms with Crippen LogP contribution in [-0.2, 0) is 11.2 Å². The standard InChI is InChI=1S/C27H36N2O2/c1-4-5-6-13-24(25-16-18-26(31-3)19-17-25)14-8-15-27(30)29-22(2)10-7-11-23-12-9-20-28-21-23/h8-9,12,14-22H,4-7,10-11,13H2,1-3H3,(H,29,30)/b15-8+,24-14+/t22-/m1/s1. The van der Waals surface area contributed by atoms with Crippen molar-refractivity contribution >= 4 is 11.5 Å². The van der Waals surface area contributed by atoms with Gasteiger partial charge in [-0.25, -0.2) is 0 Å². The van der Waals surface area contributed by atoms with Crippen LogP contribution < -0.4 is 10.1 Å². The number of ether oxygens (including phenoxy) is 1. The predicted octanol–water partition coefficient (Wildman–Crippen LogP) is 6.14. The molecule has 31 heavy (non-hydrogen) atoms. The van der Waals surface area contributed by atoms with E-state index in [1.54, 1.807) is 19.4 Å². The maximum Gasteiger partial charge on any atom is 0.244 e. The summed E-state index contributed by atoms with van der Waals surface area (Å²) in [5.74, 6) is 0.803. The van der Waals surface area contributed by atoms with Gasteiger partial charge in [-0.1, -0.05) is 50.1 Å². The molecule has 1 heterocycles. The minimum absolute atomic E-state index is 0.0484. The molecule has 2 aromatic rings. The van der Waals surface area contributed by atoms with Gasteiger partial charge in [0.05, 0.1) is 7.11 Å². The van der Waals surface area contributed by atoms with Crippen molar-refractivity contribution in [2.45, 2.75) is 64.8 Å². The highest BCUT2D eigenvalue weighted by molar-refractivity contribution is 5.88. The van der Waals surface area contributed by atoms with E-state index < -0.39 is 0 Å². The minimum atomic E-state index is -0.0484. The Labute approximate surface area is 187 Å². The van der Waals surface area contributed by atoms with E-state index in [-0.39, 0.29) is 11.9 Å². The van der Waals surface area contributed by atoms with Crippen LogP contribution in [0.3, 0.4) is 0 Å². The maximum absolute atomic E-state index is 12.3. The molecular formula is C27H36N2O2. The number of aromatic nitrogens is 1. The highest BCUT2D eigenvalue weighted by Gasteiger charge is 2.05. The number of rotatable bonds is 13. The summed E-state index contributed by atoms with van der Waals surface area (Å²) in [6, 6.07) is 12.3. The van der Waals surface area contributed by atoms with Gasteiger partial charge in [0.15, 0.2) is 0 Å². The highest BCUT2D eigenvalue weighted by atomic mass is 16.5.